The summed E-state index contributed by atoms with van der Waals surface area (Å²) in [6, 6.07) is 9.55. The highest BCUT2D eigenvalue weighted by atomic mass is 32.2. The molecule has 0 amide bonds. The number of anilines is 1. The van der Waals surface area contributed by atoms with E-state index in [1.54, 1.807) is 18.3 Å². The molecule has 7 heteroatoms. The monoisotopic (exact) mass is 394 g/mol. The first-order chi connectivity index (χ1) is 13.5. The highest BCUT2D eigenvalue weighted by Gasteiger charge is 2.25. The first kappa shape index (κ1) is 17.3. The molecule has 0 saturated heterocycles. The van der Waals surface area contributed by atoms with Crippen LogP contribution in [0.4, 0.5) is 5.69 Å². The molecule has 1 aromatic heterocycles. The van der Waals surface area contributed by atoms with E-state index in [1.165, 1.54) is 22.3 Å². The molecule has 0 saturated carbocycles. The van der Waals surface area contributed by atoms with Crippen molar-refractivity contribution in [3.05, 3.63) is 71.2 Å². The minimum atomic E-state index is -3.90. The molecule has 2 aliphatic carbocycles. The van der Waals surface area contributed by atoms with Crippen molar-refractivity contribution in [1.29, 1.82) is 0 Å². The standard InChI is InChI=1S/C21H22N4O2S/c1-14(24-28(26,27)25-20-11-3-2-6-17(20)13-22-25)23-21-18-9-4-7-15(18)12-16-8-5-10-19(16)21/h2-3,6,11-13,23-24H,1,4-5,7-10H2. The number of hydrogen-bond donors (Lipinski definition) is 2. The highest BCUT2D eigenvalue weighted by Crippen LogP contribution is 2.39. The zero-order valence-electron chi connectivity index (χ0n) is 15.5. The van der Waals surface area contributed by atoms with Crippen molar-refractivity contribution >= 4 is 26.8 Å². The normalized spacial score (nSPS) is 15.4. The van der Waals surface area contributed by atoms with Crippen LogP contribution in [0.5, 0.6) is 0 Å². The van der Waals surface area contributed by atoms with Gasteiger partial charge >= 0.3 is 10.2 Å². The summed E-state index contributed by atoms with van der Waals surface area (Å²) >= 11 is 0. The van der Waals surface area contributed by atoms with Crippen LogP contribution in [0.1, 0.15) is 35.1 Å². The lowest BCUT2D eigenvalue weighted by atomic mass is 9.99. The van der Waals surface area contributed by atoms with Gasteiger partial charge in [-0.3, -0.25) is 4.72 Å². The molecule has 144 valence electrons. The van der Waals surface area contributed by atoms with Gasteiger partial charge < -0.3 is 5.32 Å². The number of nitrogens with one attached hydrogen (secondary N) is 2. The van der Waals surface area contributed by atoms with Crippen LogP contribution in [-0.4, -0.2) is 17.6 Å². The lowest BCUT2D eigenvalue weighted by molar-refractivity contribution is 0.574. The molecule has 2 aromatic carbocycles. The van der Waals surface area contributed by atoms with Crippen molar-refractivity contribution in [3.63, 3.8) is 0 Å². The Kier molecular flexibility index (Phi) is 3.94. The topological polar surface area (TPSA) is 76.0 Å². The van der Waals surface area contributed by atoms with E-state index in [0.29, 0.717) is 5.52 Å². The number of benzene rings is 2. The number of aryl methyl sites for hydroxylation is 2. The van der Waals surface area contributed by atoms with Gasteiger partial charge in [-0.25, -0.2) is 0 Å². The number of para-hydroxylation sites is 1. The maximum Gasteiger partial charge on any atom is 0.344 e. The zero-order chi connectivity index (χ0) is 19.3. The van der Waals surface area contributed by atoms with Gasteiger partial charge in [0.25, 0.3) is 0 Å². The summed E-state index contributed by atoms with van der Waals surface area (Å²) in [6.07, 6.45) is 8.06. The number of aromatic nitrogens is 2. The molecule has 0 radical (unpaired) electrons. The van der Waals surface area contributed by atoms with Crippen LogP contribution in [0.2, 0.25) is 0 Å². The van der Waals surface area contributed by atoms with E-state index in [-0.39, 0.29) is 5.82 Å². The molecule has 28 heavy (non-hydrogen) atoms. The first-order valence-electron chi connectivity index (χ1n) is 9.61. The van der Waals surface area contributed by atoms with Crippen LogP contribution in [-0.2, 0) is 35.9 Å². The van der Waals surface area contributed by atoms with Crippen molar-refractivity contribution in [2.24, 2.45) is 0 Å². The second-order valence-electron chi connectivity index (χ2n) is 7.49. The van der Waals surface area contributed by atoms with Gasteiger partial charge in [0.2, 0.25) is 0 Å². The van der Waals surface area contributed by atoms with Crippen LogP contribution in [0.15, 0.2) is 48.9 Å². The Morgan fingerprint density at radius 3 is 2.43 bits per heavy atom. The maximum atomic E-state index is 12.9. The molecule has 0 unspecified atom stereocenters. The van der Waals surface area contributed by atoms with Gasteiger partial charge in [0.05, 0.1) is 11.7 Å². The van der Waals surface area contributed by atoms with Crippen LogP contribution in [0, 0.1) is 0 Å². The van der Waals surface area contributed by atoms with E-state index in [4.69, 9.17) is 0 Å². The fraction of sp³-hybridized carbons (Fsp3) is 0.286. The molecule has 2 N–H and O–H groups in total. The Balaban J connectivity index is 1.44. The van der Waals surface area contributed by atoms with E-state index < -0.39 is 10.2 Å². The Bertz CT molecular complexity index is 1180. The van der Waals surface area contributed by atoms with Crippen molar-refractivity contribution in [2.75, 3.05) is 5.32 Å². The molecule has 3 aromatic rings. The average molecular weight is 395 g/mol. The summed E-state index contributed by atoms with van der Waals surface area (Å²) < 4.78 is 29.3. The summed E-state index contributed by atoms with van der Waals surface area (Å²) in [5, 5.41) is 8.09. The van der Waals surface area contributed by atoms with E-state index in [9.17, 15) is 8.42 Å². The summed E-state index contributed by atoms with van der Waals surface area (Å²) in [5.74, 6) is 0.244. The van der Waals surface area contributed by atoms with Gasteiger partial charge in [0, 0.05) is 11.1 Å². The Labute approximate surface area is 164 Å². The van der Waals surface area contributed by atoms with Gasteiger partial charge in [-0.15, -0.1) is 4.09 Å². The third kappa shape index (κ3) is 2.77. The summed E-state index contributed by atoms with van der Waals surface area (Å²) in [5.41, 5.74) is 6.98. The minimum Gasteiger partial charge on any atom is -0.341 e. The van der Waals surface area contributed by atoms with Crippen molar-refractivity contribution in [2.45, 2.75) is 38.5 Å². The molecule has 0 aliphatic heterocycles. The summed E-state index contributed by atoms with van der Waals surface area (Å²) in [4.78, 5) is 0. The lowest BCUT2D eigenvalue weighted by Gasteiger charge is -2.19. The van der Waals surface area contributed by atoms with Gasteiger partial charge in [-0.1, -0.05) is 30.8 Å². The second-order valence-corrected chi connectivity index (χ2v) is 8.99. The number of fused-ring (bicyclic) bond motifs is 3. The van der Waals surface area contributed by atoms with E-state index in [0.717, 1.165) is 53.7 Å². The average Bonchev–Trinajstić information content (AvgIpc) is 3.39. The third-order valence-corrected chi connectivity index (χ3v) is 6.92. The first-order valence-corrected chi connectivity index (χ1v) is 11.1. The Morgan fingerprint density at radius 1 is 1.04 bits per heavy atom. The quantitative estimate of drug-likeness (QED) is 0.696. The predicted molar refractivity (Wildman–Crippen MR) is 110 cm³/mol. The second kappa shape index (κ2) is 6.38. The third-order valence-electron chi connectivity index (χ3n) is 5.67. The molecule has 0 bridgehead atoms. The molecule has 2 aliphatic rings. The number of hydrogen-bond acceptors (Lipinski definition) is 4. The molecule has 6 nitrogen and oxygen atoms in total. The Morgan fingerprint density at radius 2 is 1.71 bits per heavy atom. The van der Waals surface area contributed by atoms with Crippen LogP contribution < -0.4 is 10.0 Å². The molecular formula is C21H22N4O2S. The Hall–Kier alpha value is -2.80. The maximum absolute atomic E-state index is 12.9. The van der Waals surface area contributed by atoms with Crippen molar-refractivity contribution in [1.82, 2.24) is 13.9 Å². The van der Waals surface area contributed by atoms with E-state index >= 15 is 0 Å². The van der Waals surface area contributed by atoms with Gasteiger partial charge in [-0.2, -0.15) is 13.5 Å². The molecule has 0 spiro atoms. The summed E-state index contributed by atoms with van der Waals surface area (Å²) in [6.45, 7) is 3.93. The van der Waals surface area contributed by atoms with E-state index in [2.05, 4.69) is 27.8 Å². The lowest BCUT2D eigenvalue weighted by Crippen LogP contribution is -2.32. The zero-order valence-corrected chi connectivity index (χ0v) is 16.3. The van der Waals surface area contributed by atoms with Crippen LogP contribution >= 0.6 is 0 Å². The molecular weight excluding hydrogens is 372 g/mol. The van der Waals surface area contributed by atoms with Crippen molar-refractivity contribution in [3.8, 4) is 0 Å². The van der Waals surface area contributed by atoms with Gasteiger partial charge in [-0.05, 0) is 66.8 Å². The van der Waals surface area contributed by atoms with Crippen LogP contribution in [0.25, 0.3) is 10.9 Å². The SMILES string of the molecule is C=C(Nc1c2c(cc3c1CCC3)CCC2)NS(=O)(=O)n1ncc2ccccc21. The highest BCUT2D eigenvalue weighted by molar-refractivity contribution is 7.88. The van der Waals surface area contributed by atoms with Gasteiger partial charge in [0.15, 0.2) is 0 Å². The molecule has 1 heterocycles. The fourth-order valence-electron chi connectivity index (χ4n) is 4.48. The largest absolute Gasteiger partial charge is 0.344 e. The summed E-state index contributed by atoms with van der Waals surface area (Å²) in [7, 11) is -3.90. The number of rotatable bonds is 5. The minimum absolute atomic E-state index is 0.244. The smallest absolute Gasteiger partial charge is 0.341 e. The molecule has 0 fully saturated rings. The molecule has 5 rings (SSSR count). The fourth-order valence-corrected chi connectivity index (χ4v) is 5.53. The van der Waals surface area contributed by atoms with Crippen LogP contribution in [0.3, 0.4) is 0 Å². The van der Waals surface area contributed by atoms with Crippen molar-refractivity contribution < 1.29 is 8.42 Å². The molecule has 0 atom stereocenters. The van der Waals surface area contributed by atoms with Gasteiger partial charge in [0.1, 0.15) is 5.82 Å². The van der Waals surface area contributed by atoms with E-state index in [1.807, 2.05) is 12.1 Å². The predicted octanol–water partition coefficient (Wildman–Crippen LogP) is 3.28. The number of nitrogens with zero attached hydrogens (tertiary/aromatic N) is 2.